The molecule has 1 aliphatic heterocycles. The molecule has 2 atom stereocenters. The van der Waals surface area contributed by atoms with E-state index < -0.39 is 0 Å². The Bertz CT molecular complexity index is 191. The number of amides is 1. The number of nitrogens with one attached hydrogen (secondary N) is 1. The summed E-state index contributed by atoms with van der Waals surface area (Å²) in [6, 6.07) is -0.00685. The van der Waals surface area contributed by atoms with Gasteiger partial charge in [-0.05, 0) is 25.2 Å². The molecule has 1 saturated heterocycles. The van der Waals surface area contributed by atoms with Gasteiger partial charge in [-0.1, -0.05) is 6.92 Å². The van der Waals surface area contributed by atoms with E-state index in [2.05, 4.69) is 5.32 Å². The van der Waals surface area contributed by atoms with E-state index in [1.165, 1.54) is 0 Å². The second-order valence-corrected chi connectivity index (χ2v) is 4.26. The van der Waals surface area contributed by atoms with Gasteiger partial charge in [0.05, 0.1) is 6.61 Å². The van der Waals surface area contributed by atoms with Crippen molar-refractivity contribution in [3.8, 4) is 0 Å². The van der Waals surface area contributed by atoms with E-state index in [0.29, 0.717) is 12.3 Å². The number of nitrogens with two attached hydrogens (primary N) is 1. The molecule has 3 N–H and O–H groups in total. The van der Waals surface area contributed by atoms with Crippen LogP contribution in [0.25, 0.3) is 0 Å². The predicted molar refractivity (Wildman–Crippen MR) is 59.4 cm³/mol. The Morgan fingerprint density at radius 2 is 2.47 bits per heavy atom. The monoisotopic (exact) mass is 214 g/mol. The molecule has 15 heavy (non-hydrogen) atoms. The van der Waals surface area contributed by atoms with E-state index in [4.69, 9.17) is 10.5 Å². The third-order valence-electron chi connectivity index (χ3n) is 2.81. The normalized spacial score (nSPS) is 23.5. The lowest BCUT2D eigenvalue weighted by atomic mass is 10.0. The smallest absolute Gasteiger partial charge is 0.221 e. The first-order valence-corrected chi connectivity index (χ1v) is 5.82. The van der Waals surface area contributed by atoms with E-state index in [0.717, 1.165) is 39.0 Å². The zero-order chi connectivity index (χ0) is 11.1. The Labute approximate surface area is 91.5 Å². The van der Waals surface area contributed by atoms with Crippen LogP contribution in [0.5, 0.6) is 0 Å². The molecule has 88 valence electrons. The zero-order valence-corrected chi connectivity index (χ0v) is 9.50. The minimum Gasteiger partial charge on any atom is -0.381 e. The molecule has 1 amide bonds. The van der Waals surface area contributed by atoms with Gasteiger partial charge in [0.1, 0.15) is 0 Å². The highest BCUT2D eigenvalue weighted by atomic mass is 16.5. The van der Waals surface area contributed by atoms with Crippen LogP contribution in [0.2, 0.25) is 0 Å². The van der Waals surface area contributed by atoms with Crippen LogP contribution >= 0.6 is 0 Å². The Hall–Kier alpha value is -0.610. The van der Waals surface area contributed by atoms with Gasteiger partial charge in [0.2, 0.25) is 5.91 Å². The molecule has 0 saturated carbocycles. The average Bonchev–Trinajstić information content (AvgIpc) is 2.27. The predicted octanol–water partition coefficient (Wildman–Crippen LogP) is 0.657. The minimum atomic E-state index is -0.00685. The van der Waals surface area contributed by atoms with E-state index in [-0.39, 0.29) is 11.9 Å². The molecule has 2 unspecified atom stereocenters. The summed E-state index contributed by atoms with van der Waals surface area (Å²) in [5.41, 5.74) is 5.70. The first-order chi connectivity index (χ1) is 7.22. The lowest BCUT2D eigenvalue weighted by Crippen LogP contribution is -2.36. The van der Waals surface area contributed by atoms with E-state index in [1.807, 2.05) is 6.92 Å². The van der Waals surface area contributed by atoms with Crippen molar-refractivity contribution in [1.82, 2.24) is 5.32 Å². The largest absolute Gasteiger partial charge is 0.381 e. The van der Waals surface area contributed by atoms with Gasteiger partial charge in [0, 0.05) is 25.6 Å². The van der Waals surface area contributed by atoms with Crippen molar-refractivity contribution in [3.63, 3.8) is 0 Å². The maximum atomic E-state index is 11.4. The Morgan fingerprint density at radius 1 is 1.67 bits per heavy atom. The molecule has 1 rings (SSSR count). The van der Waals surface area contributed by atoms with Crippen LogP contribution < -0.4 is 11.1 Å². The molecule has 0 aliphatic carbocycles. The molecule has 4 nitrogen and oxygen atoms in total. The van der Waals surface area contributed by atoms with Gasteiger partial charge in [-0.25, -0.2) is 0 Å². The lowest BCUT2D eigenvalue weighted by Gasteiger charge is -2.22. The molecule has 0 aromatic rings. The summed E-state index contributed by atoms with van der Waals surface area (Å²) < 4.78 is 5.34. The fraction of sp³-hybridized carbons (Fsp3) is 0.909. The van der Waals surface area contributed by atoms with Crippen molar-refractivity contribution in [1.29, 1.82) is 0 Å². The molecule has 0 spiro atoms. The molecule has 0 bridgehead atoms. The highest BCUT2D eigenvalue weighted by molar-refractivity contribution is 5.76. The molecule has 0 aromatic heterocycles. The first kappa shape index (κ1) is 12.5. The van der Waals surface area contributed by atoms with Crippen LogP contribution in [0.15, 0.2) is 0 Å². The van der Waals surface area contributed by atoms with Gasteiger partial charge < -0.3 is 15.8 Å². The molecule has 0 aromatic carbocycles. The number of hydrogen-bond acceptors (Lipinski definition) is 3. The highest BCUT2D eigenvalue weighted by Crippen LogP contribution is 2.12. The molecule has 0 radical (unpaired) electrons. The fourth-order valence-corrected chi connectivity index (χ4v) is 1.68. The van der Waals surface area contributed by atoms with Crippen molar-refractivity contribution < 1.29 is 9.53 Å². The average molecular weight is 214 g/mol. The third-order valence-corrected chi connectivity index (χ3v) is 2.81. The van der Waals surface area contributed by atoms with Gasteiger partial charge >= 0.3 is 0 Å². The van der Waals surface area contributed by atoms with Crippen molar-refractivity contribution in [2.75, 3.05) is 19.8 Å². The summed E-state index contributed by atoms with van der Waals surface area (Å²) >= 11 is 0. The Balaban J connectivity index is 2.10. The highest BCUT2D eigenvalue weighted by Gasteiger charge is 2.15. The van der Waals surface area contributed by atoms with E-state index in [9.17, 15) is 4.79 Å². The second-order valence-electron chi connectivity index (χ2n) is 4.26. The van der Waals surface area contributed by atoms with Crippen LogP contribution in [0.1, 0.15) is 32.6 Å². The van der Waals surface area contributed by atoms with Crippen molar-refractivity contribution in [2.24, 2.45) is 11.7 Å². The molecule has 1 fully saturated rings. The summed E-state index contributed by atoms with van der Waals surface area (Å²) in [5.74, 6) is 0.551. The molecule has 1 aliphatic rings. The number of carbonyl (C=O) groups excluding carboxylic acids is 1. The minimum absolute atomic E-state index is 0.00685. The van der Waals surface area contributed by atoms with Crippen molar-refractivity contribution >= 4 is 5.91 Å². The van der Waals surface area contributed by atoms with Gasteiger partial charge in [-0.15, -0.1) is 0 Å². The second kappa shape index (κ2) is 6.80. The SMILES string of the molecule is CCC(N)CC(=O)NCC1CCCOC1. The quantitative estimate of drug-likeness (QED) is 0.706. The standard InChI is InChI=1S/C11H22N2O2/c1-2-10(12)6-11(14)13-7-9-4-3-5-15-8-9/h9-10H,2-8,12H2,1H3,(H,13,14). The number of rotatable bonds is 5. The third kappa shape index (κ3) is 5.14. The number of carbonyl (C=O) groups is 1. The van der Waals surface area contributed by atoms with Gasteiger partial charge in [0.25, 0.3) is 0 Å². The Morgan fingerprint density at radius 3 is 3.07 bits per heavy atom. The zero-order valence-electron chi connectivity index (χ0n) is 9.50. The van der Waals surface area contributed by atoms with Crippen LogP contribution in [0.4, 0.5) is 0 Å². The lowest BCUT2D eigenvalue weighted by molar-refractivity contribution is -0.121. The maximum Gasteiger partial charge on any atom is 0.221 e. The van der Waals surface area contributed by atoms with Crippen LogP contribution in [-0.2, 0) is 9.53 Å². The summed E-state index contributed by atoms with van der Waals surface area (Å²) in [6.45, 7) is 4.37. The number of ether oxygens (including phenoxy) is 1. The molecule has 1 heterocycles. The summed E-state index contributed by atoms with van der Waals surface area (Å²) in [6.07, 6.45) is 3.54. The maximum absolute atomic E-state index is 11.4. The molecular weight excluding hydrogens is 192 g/mol. The summed E-state index contributed by atoms with van der Waals surface area (Å²) in [4.78, 5) is 11.4. The van der Waals surface area contributed by atoms with Gasteiger partial charge in [-0.3, -0.25) is 4.79 Å². The Kier molecular flexibility index (Phi) is 5.65. The van der Waals surface area contributed by atoms with Crippen molar-refractivity contribution in [3.05, 3.63) is 0 Å². The van der Waals surface area contributed by atoms with Crippen LogP contribution in [0.3, 0.4) is 0 Å². The number of hydrogen-bond donors (Lipinski definition) is 2. The van der Waals surface area contributed by atoms with E-state index >= 15 is 0 Å². The van der Waals surface area contributed by atoms with Crippen molar-refractivity contribution in [2.45, 2.75) is 38.6 Å². The van der Waals surface area contributed by atoms with Gasteiger partial charge in [0.15, 0.2) is 0 Å². The molecular formula is C11H22N2O2. The first-order valence-electron chi connectivity index (χ1n) is 5.82. The summed E-state index contributed by atoms with van der Waals surface area (Å²) in [7, 11) is 0. The van der Waals surface area contributed by atoms with E-state index in [1.54, 1.807) is 0 Å². The van der Waals surface area contributed by atoms with Crippen LogP contribution in [0, 0.1) is 5.92 Å². The van der Waals surface area contributed by atoms with Gasteiger partial charge in [-0.2, -0.15) is 0 Å². The van der Waals surface area contributed by atoms with Crippen LogP contribution in [-0.4, -0.2) is 31.7 Å². The fourth-order valence-electron chi connectivity index (χ4n) is 1.68. The topological polar surface area (TPSA) is 64.4 Å². The summed E-state index contributed by atoms with van der Waals surface area (Å²) in [5, 5.41) is 2.92. The molecule has 4 heteroatoms.